The first-order valence-electron chi connectivity index (χ1n) is 8.40. The van der Waals surface area contributed by atoms with Crippen molar-refractivity contribution >= 4 is 28.9 Å². The van der Waals surface area contributed by atoms with Gasteiger partial charge in [-0.25, -0.2) is 0 Å². The molecule has 0 aromatic heterocycles. The summed E-state index contributed by atoms with van der Waals surface area (Å²) in [5.74, 6) is 0.502. The van der Waals surface area contributed by atoms with Crippen molar-refractivity contribution in [3.05, 3.63) is 58.6 Å². The number of ether oxygens (including phenoxy) is 1. The molecule has 4 nitrogen and oxygen atoms in total. The molecule has 0 amide bonds. The lowest BCUT2D eigenvalue weighted by Gasteiger charge is -2.36. The number of β-amino-alcohol motifs (C(OH)–C–C–N with tert-alkyl or cyclic N) is 1. The van der Waals surface area contributed by atoms with Gasteiger partial charge in [0.25, 0.3) is 0 Å². The monoisotopic (exact) mass is 380 g/mol. The quantitative estimate of drug-likeness (QED) is 0.830. The highest BCUT2D eigenvalue weighted by atomic mass is 35.5. The maximum atomic E-state index is 10.2. The standard InChI is InChI=1S/C19H22Cl2N2O2/c20-15-6-7-18(21)19(12-15)25-14-17(24)13-22-8-10-23(11-9-22)16-4-2-1-3-5-16/h1-7,12,17,24H,8-11,13-14H2. The van der Waals surface area contributed by atoms with Crippen LogP contribution in [0.15, 0.2) is 48.5 Å². The van der Waals surface area contributed by atoms with Crippen LogP contribution in [0.3, 0.4) is 0 Å². The normalized spacial score (nSPS) is 16.7. The zero-order valence-electron chi connectivity index (χ0n) is 13.9. The van der Waals surface area contributed by atoms with E-state index in [1.165, 1.54) is 5.69 Å². The number of hydrogen-bond acceptors (Lipinski definition) is 4. The Morgan fingerprint density at radius 2 is 1.72 bits per heavy atom. The van der Waals surface area contributed by atoms with Crippen molar-refractivity contribution in [2.24, 2.45) is 0 Å². The molecule has 0 aliphatic carbocycles. The van der Waals surface area contributed by atoms with Crippen molar-refractivity contribution in [1.82, 2.24) is 4.90 Å². The van der Waals surface area contributed by atoms with Gasteiger partial charge in [0, 0.05) is 49.5 Å². The average Bonchev–Trinajstić information content (AvgIpc) is 2.64. The summed E-state index contributed by atoms with van der Waals surface area (Å²) >= 11 is 12.0. The summed E-state index contributed by atoms with van der Waals surface area (Å²) in [5.41, 5.74) is 1.25. The molecule has 134 valence electrons. The number of halogens is 2. The second kappa shape index (κ2) is 8.77. The number of para-hydroxylation sites is 1. The van der Waals surface area contributed by atoms with Crippen LogP contribution in [0.4, 0.5) is 5.69 Å². The molecule has 1 saturated heterocycles. The highest BCUT2D eigenvalue weighted by molar-refractivity contribution is 6.34. The van der Waals surface area contributed by atoms with Crippen LogP contribution in [0.5, 0.6) is 5.75 Å². The summed E-state index contributed by atoms with van der Waals surface area (Å²) < 4.78 is 5.61. The van der Waals surface area contributed by atoms with E-state index in [2.05, 4.69) is 34.1 Å². The summed E-state index contributed by atoms with van der Waals surface area (Å²) in [6, 6.07) is 15.5. The third kappa shape index (κ3) is 5.25. The number of nitrogens with zero attached hydrogens (tertiary/aromatic N) is 2. The van der Waals surface area contributed by atoms with Crippen molar-refractivity contribution in [3.63, 3.8) is 0 Å². The maximum Gasteiger partial charge on any atom is 0.139 e. The molecule has 1 heterocycles. The molecule has 0 saturated carbocycles. The molecule has 3 rings (SSSR count). The lowest BCUT2D eigenvalue weighted by molar-refractivity contribution is 0.0663. The highest BCUT2D eigenvalue weighted by Gasteiger charge is 2.19. The minimum atomic E-state index is -0.571. The molecular formula is C19H22Cl2N2O2. The molecule has 0 bridgehead atoms. The summed E-state index contributed by atoms with van der Waals surface area (Å²) in [7, 11) is 0. The van der Waals surface area contributed by atoms with E-state index in [0.717, 1.165) is 26.2 Å². The Balaban J connectivity index is 1.43. The van der Waals surface area contributed by atoms with Gasteiger partial charge in [0.15, 0.2) is 0 Å². The number of hydrogen-bond donors (Lipinski definition) is 1. The predicted octanol–water partition coefficient (Wildman–Crippen LogP) is 3.56. The summed E-state index contributed by atoms with van der Waals surface area (Å²) in [5, 5.41) is 11.3. The van der Waals surface area contributed by atoms with E-state index in [4.69, 9.17) is 27.9 Å². The van der Waals surface area contributed by atoms with Crippen molar-refractivity contribution in [2.45, 2.75) is 6.10 Å². The van der Waals surface area contributed by atoms with Crippen LogP contribution in [-0.2, 0) is 0 Å². The predicted molar refractivity (Wildman–Crippen MR) is 103 cm³/mol. The second-order valence-electron chi connectivity index (χ2n) is 6.16. The number of benzene rings is 2. The first-order chi connectivity index (χ1) is 12.1. The van der Waals surface area contributed by atoms with Crippen LogP contribution in [0.2, 0.25) is 10.0 Å². The largest absolute Gasteiger partial charge is 0.489 e. The van der Waals surface area contributed by atoms with Gasteiger partial charge in [-0.05, 0) is 24.3 Å². The minimum absolute atomic E-state index is 0.193. The van der Waals surface area contributed by atoms with E-state index in [9.17, 15) is 5.11 Å². The number of aliphatic hydroxyl groups is 1. The number of piperazine rings is 1. The Hall–Kier alpha value is -1.46. The highest BCUT2D eigenvalue weighted by Crippen LogP contribution is 2.27. The Kier molecular flexibility index (Phi) is 6.43. The van der Waals surface area contributed by atoms with Gasteiger partial charge in [-0.3, -0.25) is 4.90 Å². The maximum absolute atomic E-state index is 10.2. The van der Waals surface area contributed by atoms with Gasteiger partial charge < -0.3 is 14.7 Å². The van der Waals surface area contributed by atoms with E-state index >= 15 is 0 Å². The Bertz CT molecular complexity index is 676. The Morgan fingerprint density at radius 1 is 1.00 bits per heavy atom. The first-order valence-corrected chi connectivity index (χ1v) is 9.15. The fourth-order valence-electron chi connectivity index (χ4n) is 2.95. The van der Waals surface area contributed by atoms with Crippen LogP contribution in [0, 0.1) is 0 Å². The van der Waals surface area contributed by atoms with E-state index in [1.54, 1.807) is 18.2 Å². The topological polar surface area (TPSA) is 35.9 Å². The molecule has 6 heteroatoms. The number of rotatable bonds is 6. The zero-order chi connectivity index (χ0) is 17.6. The van der Waals surface area contributed by atoms with Crippen LogP contribution in [-0.4, -0.2) is 55.4 Å². The van der Waals surface area contributed by atoms with E-state index in [1.807, 2.05) is 6.07 Å². The SMILES string of the molecule is OC(COc1cc(Cl)ccc1Cl)CN1CCN(c2ccccc2)CC1. The van der Waals surface area contributed by atoms with E-state index in [0.29, 0.717) is 22.3 Å². The van der Waals surface area contributed by atoms with Crippen LogP contribution in [0.1, 0.15) is 0 Å². The van der Waals surface area contributed by atoms with Crippen LogP contribution < -0.4 is 9.64 Å². The van der Waals surface area contributed by atoms with E-state index < -0.39 is 6.10 Å². The molecule has 1 N–H and O–H groups in total. The van der Waals surface area contributed by atoms with Gasteiger partial charge in [0.2, 0.25) is 0 Å². The summed E-state index contributed by atoms with van der Waals surface area (Å²) in [4.78, 5) is 4.62. The third-order valence-corrected chi connectivity index (χ3v) is 4.83. The fraction of sp³-hybridized carbons (Fsp3) is 0.368. The van der Waals surface area contributed by atoms with Gasteiger partial charge in [-0.2, -0.15) is 0 Å². The molecule has 1 fully saturated rings. The zero-order valence-corrected chi connectivity index (χ0v) is 15.5. The Morgan fingerprint density at radius 3 is 2.44 bits per heavy atom. The number of anilines is 1. The van der Waals surface area contributed by atoms with Gasteiger partial charge in [0.1, 0.15) is 18.5 Å². The average molecular weight is 381 g/mol. The summed E-state index contributed by atoms with van der Waals surface area (Å²) in [6.45, 7) is 4.53. The smallest absolute Gasteiger partial charge is 0.139 e. The van der Waals surface area contributed by atoms with E-state index in [-0.39, 0.29) is 6.61 Å². The van der Waals surface area contributed by atoms with Crippen LogP contribution >= 0.6 is 23.2 Å². The second-order valence-corrected chi connectivity index (χ2v) is 7.01. The minimum Gasteiger partial charge on any atom is -0.489 e. The molecule has 0 spiro atoms. The van der Waals surface area contributed by atoms with Gasteiger partial charge in [-0.15, -0.1) is 0 Å². The van der Waals surface area contributed by atoms with Gasteiger partial charge >= 0.3 is 0 Å². The molecule has 0 radical (unpaired) electrons. The fourth-order valence-corrected chi connectivity index (χ4v) is 3.29. The summed E-state index contributed by atoms with van der Waals surface area (Å²) in [6.07, 6.45) is -0.571. The first kappa shape index (κ1) is 18.3. The van der Waals surface area contributed by atoms with Crippen molar-refractivity contribution < 1.29 is 9.84 Å². The molecule has 1 unspecified atom stereocenters. The molecular weight excluding hydrogens is 359 g/mol. The molecule has 2 aromatic carbocycles. The van der Waals surface area contributed by atoms with Crippen LogP contribution in [0.25, 0.3) is 0 Å². The molecule has 25 heavy (non-hydrogen) atoms. The molecule has 1 aliphatic rings. The lowest BCUT2D eigenvalue weighted by Crippen LogP contribution is -2.49. The molecule has 2 aromatic rings. The van der Waals surface area contributed by atoms with Gasteiger partial charge in [0.05, 0.1) is 5.02 Å². The van der Waals surface area contributed by atoms with Crippen molar-refractivity contribution in [2.75, 3.05) is 44.2 Å². The third-order valence-electron chi connectivity index (χ3n) is 4.29. The molecule has 1 aliphatic heterocycles. The lowest BCUT2D eigenvalue weighted by atomic mass is 10.2. The molecule has 1 atom stereocenters. The van der Waals surface area contributed by atoms with Crippen molar-refractivity contribution in [1.29, 1.82) is 0 Å². The Labute approximate surface area is 158 Å². The van der Waals surface area contributed by atoms with Crippen molar-refractivity contribution in [3.8, 4) is 5.75 Å². The van der Waals surface area contributed by atoms with Gasteiger partial charge in [-0.1, -0.05) is 41.4 Å². The number of aliphatic hydroxyl groups excluding tert-OH is 1.